The second kappa shape index (κ2) is 23.3. The molecule has 4 rings (SSSR count). The molecule has 0 aliphatic carbocycles. The summed E-state index contributed by atoms with van der Waals surface area (Å²) in [5.74, 6) is -2.38. The van der Waals surface area contributed by atoms with E-state index in [9.17, 15) is 29.2 Å². The summed E-state index contributed by atoms with van der Waals surface area (Å²) >= 11 is 0. The monoisotopic (exact) mass is 824 g/mol. The van der Waals surface area contributed by atoms with E-state index < -0.39 is 41.5 Å². The van der Waals surface area contributed by atoms with E-state index in [-0.39, 0.29) is 82.9 Å². The highest BCUT2D eigenvalue weighted by atomic mass is 16.5. The Kier molecular flexibility index (Phi) is 18.3. The van der Waals surface area contributed by atoms with Crippen molar-refractivity contribution in [2.45, 2.75) is 97.1 Å². The molecule has 0 saturated carbocycles. The van der Waals surface area contributed by atoms with Crippen LogP contribution in [0.3, 0.4) is 0 Å². The fraction of sp³-hybridized carbons (Fsp3) is 0.511. The standard InChI is InChI=1S/C45H60N8O7/c1-5-6-7-10-42-50-27-35(29(3)51-42)38(55)26-32(15-17-47)45(58)53(4)43-31-12-14-41(60-21-19-49)34(25-31)33-23-30(11-13-40(33)59-20-18-48)24-36(37(54)9-8-16-46)52-44(57)28(2)22-39(43)56/h11-14,23,25,27-28,32,36,43H,5-10,15,17-22,24,26,47-49H2,1-4H3,(H,52,57)/t28-,32-,36+,43+/m1/s1. The van der Waals surface area contributed by atoms with E-state index in [1.807, 2.05) is 12.1 Å². The number of amides is 2. The quantitative estimate of drug-likeness (QED) is 0.0927. The van der Waals surface area contributed by atoms with Crippen molar-refractivity contribution in [3.8, 4) is 28.7 Å². The molecule has 0 radical (unpaired) electrons. The number of ether oxygens (including phenoxy) is 2. The molecule has 0 unspecified atom stereocenters. The number of unbranched alkanes of at least 4 members (excludes halogenated alkanes) is 2. The van der Waals surface area contributed by atoms with Gasteiger partial charge >= 0.3 is 0 Å². The number of likely N-dealkylation sites (N-methyl/N-ethyl adjacent to an activating group) is 1. The number of hydrogen-bond acceptors (Lipinski definition) is 13. The van der Waals surface area contributed by atoms with Crippen molar-refractivity contribution in [2.75, 3.05) is 39.9 Å². The third-order valence-electron chi connectivity index (χ3n) is 10.7. The third-order valence-corrected chi connectivity index (χ3v) is 10.7. The average Bonchev–Trinajstić information content (AvgIpc) is 3.23. The number of carbonyl (C=O) groups is 5. The highest BCUT2D eigenvalue weighted by Gasteiger charge is 2.36. The molecule has 322 valence electrons. The SMILES string of the molecule is CCCCCc1ncc(C(=O)C[C@@H](CCN)C(=O)N(C)[C@@H]2C(=O)C[C@@H](C)C(=O)N[C@H](C(=O)CCC#N)Cc3ccc(OCCN)c(c3)-c3cc2ccc3OCCN)c(C)n1. The molecule has 0 fully saturated rings. The van der Waals surface area contributed by atoms with Gasteiger partial charge in [0.2, 0.25) is 11.8 Å². The zero-order valence-corrected chi connectivity index (χ0v) is 35.3. The van der Waals surface area contributed by atoms with Gasteiger partial charge in [-0.1, -0.05) is 38.8 Å². The summed E-state index contributed by atoms with van der Waals surface area (Å²) in [7, 11) is 1.50. The number of nitriles is 1. The van der Waals surface area contributed by atoms with Crippen LogP contribution in [0.25, 0.3) is 11.1 Å². The number of carbonyl (C=O) groups excluding carboxylic acids is 5. The number of rotatable bonds is 20. The van der Waals surface area contributed by atoms with E-state index in [4.69, 9.17) is 26.7 Å². The molecule has 2 heterocycles. The first-order chi connectivity index (χ1) is 28.9. The van der Waals surface area contributed by atoms with Crippen LogP contribution in [0.1, 0.15) is 104 Å². The van der Waals surface area contributed by atoms with Gasteiger partial charge in [-0.25, -0.2) is 9.97 Å². The molecule has 2 aromatic carbocycles. The maximum Gasteiger partial charge on any atom is 0.226 e. The van der Waals surface area contributed by atoms with Crippen molar-refractivity contribution >= 4 is 29.2 Å². The van der Waals surface area contributed by atoms with Crippen LogP contribution in [0.15, 0.2) is 42.6 Å². The lowest BCUT2D eigenvalue weighted by molar-refractivity contribution is -0.142. The van der Waals surface area contributed by atoms with Crippen LogP contribution >= 0.6 is 0 Å². The lowest BCUT2D eigenvalue weighted by Gasteiger charge is -2.32. The number of aromatic nitrogens is 2. The first kappa shape index (κ1) is 47.1. The first-order valence-electron chi connectivity index (χ1n) is 20.8. The number of hydrogen-bond donors (Lipinski definition) is 4. The predicted octanol–water partition coefficient (Wildman–Crippen LogP) is 4.11. The number of nitrogens with zero attached hydrogens (tertiary/aromatic N) is 4. The van der Waals surface area contributed by atoms with Gasteiger partial charge in [-0.2, -0.15) is 5.26 Å². The van der Waals surface area contributed by atoms with Gasteiger partial charge in [-0.3, -0.25) is 24.0 Å². The summed E-state index contributed by atoms with van der Waals surface area (Å²) in [5.41, 5.74) is 20.7. The van der Waals surface area contributed by atoms with Gasteiger partial charge in [0.1, 0.15) is 36.6 Å². The summed E-state index contributed by atoms with van der Waals surface area (Å²) in [5, 5.41) is 12.0. The smallest absolute Gasteiger partial charge is 0.226 e. The summed E-state index contributed by atoms with van der Waals surface area (Å²) < 4.78 is 12.2. The Morgan fingerprint density at radius 3 is 2.30 bits per heavy atom. The van der Waals surface area contributed by atoms with E-state index in [0.717, 1.165) is 19.3 Å². The average molecular weight is 825 g/mol. The van der Waals surface area contributed by atoms with E-state index in [1.165, 1.54) is 18.1 Å². The topological polar surface area (TPSA) is 247 Å². The van der Waals surface area contributed by atoms with Crippen molar-refractivity contribution in [1.82, 2.24) is 20.2 Å². The highest BCUT2D eigenvalue weighted by molar-refractivity contribution is 6.00. The largest absolute Gasteiger partial charge is 0.492 e. The molecule has 0 spiro atoms. The molecule has 1 aliphatic rings. The van der Waals surface area contributed by atoms with Crippen molar-refractivity contribution in [3.63, 3.8) is 0 Å². The molecule has 1 aliphatic heterocycles. The molecule has 15 nitrogen and oxygen atoms in total. The predicted molar refractivity (Wildman–Crippen MR) is 227 cm³/mol. The van der Waals surface area contributed by atoms with Crippen molar-refractivity contribution < 1.29 is 33.4 Å². The second-order valence-electron chi connectivity index (χ2n) is 15.3. The third kappa shape index (κ3) is 12.5. The van der Waals surface area contributed by atoms with Gasteiger partial charge in [0.25, 0.3) is 0 Å². The van der Waals surface area contributed by atoms with Gasteiger partial charge in [-0.15, -0.1) is 0 Å². The van der Waals surface area contributed by atoms with E-state index >= 15 is 0 Å². The summed E-state index contributed by atoms with van der Waals surface area (Å²) in [6, 6.07) is 10.3. The Morgan fingerprint density at radius 2 is 1.67 bits per heavy atom. The van der Waals surface area contributed by atoms with Crippen LogP contribution in [0.5, 0.6) is 11.5 Å². The van der Waals surface area contributed by atoms with E-state index in [0.29, 0.717) is 57.3 Å². The number of fused-ring (bicyclic) bond motifs is 5. The van der Waals surface area contributed by atoms with Gasteiger partial charge in [0, 0.05) is 81.4 Å². The Morgan fingerprint density at radius 1 is 0.983 bits per heavy atom. The number of benzene rings is 2. The van der Waals surface area contributed by atoms with Gasteiger partial charge in [0.05, 0.1) is 23.4 Å². The Labute approximate surface area is 352 Å². The molecular weight excluding hydrogens is 765 g/mol. The number of Topliss-reactive ketones (excluding diaryl/α,β-unsaturated/α-hetero) is 3. The molecule has 0 saturated heterocycles. The molecule has 1 aromatic heterocycles. The van der Waals surface area contributed by atoms with Crippen molar-refractivity contribution in [3.05, 3.63) is 70.8 Å². The second-order valence-corrected chi connectivity index (χ2v) is 15.3. The molecule has 7 N–H and O–H groups in total. The molecule has 60 heavy (non-hydrogen) atoms. The van der Waals surface area contributed by atoms with Crippen LogP contribution in [-0.2, 0) is 32.0 Å². The minimum atomic E-state index is -1.22. The van der Waals surface area contributed by atoms with Gasteiger partial charge < -0.3 is 36.9 Å². The molecule has 3 aromatic rings. The summed E-state index contributed by atoms with van der Waals surface area (Å²) in [6.07, 6.45) is 4.97. The normalized spacial score (nSPS) is 17.1. The fourth-order valence-electron chi connectivity index (χ4n) is 7.42. The molecule has 4 atom stereocenters. The van der Waals surface area contributed by atoms with Crippen LogP contribution in [0.4, 0.5) is 0 Å². The van der Waals surface area contributed by atoms with E-state index in [1.54, 1.807) is 44.2 Å². The van der Waals surface area contributed by atoms with Crippen LogP contribution in [0.2, 0.25) is 0 Å². The minimum absolute atomic E-state index is 0.0252. The van der Waals surface area contributed by atoms with Crippen LogP contribution < -0.4 is 32.0 Å². The maximum absolute atomic E-state index is 14.6. The number of nitrogens with one attached hydrogen (secondary N) is 1. The zero-order chi connectivity index (χ0) is 43.8. The Bertz CT molecular complexity index is 2030. The molecule has 4 bridgehead atoms. The lowest BCUT2D eigenvalue weighted by Crippen LogP contribution is -2.46. The summed E-state index contributed by atoms with van der Waals surface area (Å²) in [4.78, 5) is 80.5. The van der Waals surface area contributed by atoms with E-state index in [2.05, 4.69) is 22.2 Å². The Balaban J connectivity index is 1.83. The zero-order valence-electron chi connectivity index (χ0n) is 35.3. The number of ketones is 3. The van der Waals surface area contributed by atoms with Crippen molar-refractivity contribution in [1.29, 1.82) is 5.26 Å². The minimum Gasteiger partial charge on any atom is -0.492 e. The van der Waals surface area contributed by atoms with Crippen LogP contribution in [0, 0.1) is 30.1 Å². The van der Waals surface area contributed by atoms with Gasteiger partial charge in [-0.05, 0) is 68.1 Å². The number of aryl methyl sites for hydroxylation is 2. The fourth-order valence-corrected chi connectivity index (χ4v) is 7.42. The van der Waals surface area contributed by atoms with Crippen LogP contribution in [-0.4, -0.2) is 90.0 Å². The number of nitrogens with two attached hydrogens (primary N) is 3. The maximum atomic E-state index is 14.6. The molecule has 2 amide bonds. The Hall–Kier alpha value is -5.56. The van der Waals surface area contributed by atoms with Gasteiger partial charge in [0.15, 0.2) is 17.3 Å². The molecular formula is C45H60N8O7. The highest BCUT2D eigenvalue weighted by Crippen LogP contribution is 2.41. The first-order valence-corrected chi connectivity index (χ1v) is 20.8. The lowest BCUT2D eigenvalue weighted by atomic mass is 9.88. The summed E-state index contributed by atoms with van der Waals surface area (Å²) in [6.45, 7) is 6.35. The van der Waals surface area contributed by atoms with Crippen molar-refractivity contribution in [2.24, 2.45) is 29.0 Å². The molecule has 15 heteroatoms.